The van der Waals surface area contributed by atoms with E-state index >= 15 is 0 Å². The summed E-state index contributed by atoms with van der Waals surface area (Å²) in [5.74, 6) is -0.147. The molecular formula is C23H29ClN8O2S. The van der Waals surface area contributed by atoms with Crippen molar-refractivity contribution >= 4 is 46.3 Å². The van der Waals surface area contributed by atoms with Crippen LogP contribution in [0.5, 0.6) is 0 Å². The van der Waals surface area contributed by atoms with Gasteiger partial charge in [-0.1, -0.05) is 39.3 Å². The zero-order valence-electron chi connectivity index (χ0n) is 20.6. The number of nitrogens with zero attached hydrogens (tertiary/aromatic N) is 6. The number of Topliss-reactive ketones (excluding diaryl/α,β-unsaturated/α-hetero) is 1. The SMILES string of the molecule is CC(CC(=O)c1ncnc(N)c1CN(C)C)c1ncc(C(=O)Nc2cc(C(C)(C)C)c(Cl)nn2)s1. The number of nitrogens with one attached hydrogen (secondary N) is 1. The van der Waals surface area contributed by atoms with Gasteiger partial charge in [-0.3, -0.25) is 9.59 Å². The van der Waals surface area contributed by atoms with Crippen molar-refractivity contribution in [3.63, 3.8) is 0 Å². The lowest BCUT2D eigenvalue weighted by Gasteiger charge is -2.20. The predicted molar refractivity (Wildman–Crippen MR) is 137 cm³/mol. The minimum Gasteiger partial charge on any atom is -0.383 e. The van der Waals surface area contributed by atoms with Gasteiger partial charge in [0, 0.05) is 30.0 Å². The second kappa shape index (κ2) is 10.7. The number of rotatable bonds is 8. The van der Waals surface area contributed by atoms with Crippen molar-refractivity contribution in [2.75, 3.05) is 25.1 Å². The van der Waals surface area contributed by atoms with E-state index in [0.717, 1.165) is 5.56 Å². The zero-order valence-corrected chi connectivity index (χ0v) is 22.2. The maximum Gasteiger partial charge on any atom is 0.268 e. The van der Waals surface area contributed by atoms with Gasteiger partial charge in [0.25, 0.3) is 5.91 Å². The van der Waals surface area contributed by atoms with Crippen LogP contribution in [0.1, 0.15) is 76.3 Å². The third-order valence-electron chi connectivity index (χ3n) is 5.18. The van der Waals surface area contributed by atoms with Crippen LogP contribution >= 0.6 is 22.9 Å². The van der Waals surface area contributed by atoms with E-state index in [0.29, 0.717) is 38.7 Å². The van der Waals surface area contributed by atoms with Gasteiger partial charge in [0.05, 0.1) is 11.2 Å². The standard InChI is InChI=1S/C23H29ClN8O2S/c1-12(7-15(33)18-13(10-32(5)6)20(25)28-11-27-18)22-26-9-16(35-22)21(34)29-17-8-14(23(2,3)4)19(24)31-30-17/h8-9,11-12H,7,10H2,1-6H3,(H2,25,27,28)(H,29,30,34). The van der Waals surface area contributed by atoms with Crippen molar-refractivity contribution in [3.8, 4) is 0 Å². The maximum absolute atomic E-state index is 13.0. The Morgan fingerprint density at radius 1 is 1.20 bits per heavy atom. The smallest absolute Gasteiger partial charge is 0.268 e. The van der Waals surface area contributed by atoms with Crippen LogP contribution in [0.15, 0.2) is 18.6 Å². The van der Waals surface area contributed by atoms with Crippen molar-refractivity contribution in [2.45, 2.75) is 52.0 Å². The number of amides is 1. The molecule has 3 aromatic heterocycles. The highest BCUT2D eigenvalue weighted by molar-refractivity contribution is 7.13. The highest BCUT2D eigenvalue weighted by Crippen LogP contribution is 2.30. The van der Waals surface area contributed by atoms with E-state index in [1.54, 1.807) is 6.07 Å². The first kappa shape index (κ1) is 26.6. The van der Waals surface area contributed by atoms with Gasteiger partial charge < -0.3 is 16.0 Å². The largest absolute Gasteiger partial charge is 0.383 e. The van der Waals surface area contributed by atoms with Gasteiger partial charge in [-0.15, -0.1) is 21.5 Å². The maximum atomic E-state index is 13.0. The molecule has 3 aromatic rings. The van der Waals surface area contributed by atoms with Crippen LogP contribution in [-0.2, 0) is 12.0 Å². The fourth-order valence-electron chi connectivity index (χ4n) is 3.36. The minimum atomic E-state index is -0.361. The van der Waals surface area contributed by atoms with Crippen LogP contribution in [-0.4, -0.2) is 55.8 Å². The van der Waals surface area contributed by atoms with Gasteiger partial charge in [0.2, 0.25) is 0 Å². The number of halogens is 1. The zero-order chi connectivity index (χ0) is 25.9. The van der Waals surface area contributed by atoms with Crippen molar-refractivity contribution in [2.24, 2.45) is 0 Å². The predicted octanol–water partition coefficient (Wildman–Crippen LogP) is 3.95. The molecule has 3 N–H and O–H groups in total. The number of nitrogens with two attached hydrogens (primary N) is 1. The molecular weight excluding hydrogens is 488 g/mol. The highest BCUT2D eigenvalue weighted by Gasteiger charge is 2.24. The van der Waals surface area contributed by atoms with Crippen molar-refractivity contribution in [1.29, 1.82) is 0 Å². The van der Waals surface area contributed by atoms with Crippen LogP contribution in [0.4, 0.5) is 11.6 Å². The lowest BCUT2D eigenvalue weighted by Crippen LogP contribution is -2.19. The van der Waals surface area contributed by atoms with Crippen LogP contribution in [0.3, 0.4) is 0 Å². The van der Waals surface area contributed by atoms with Gasteiger partial charge in [0.1, 0.15) is 22.7 Å². The number of hydrogen-bond donors (Lipinski definition) is 2. The molecule has 0 aliphatic heterocycles. The Morgan fingerprint density at radius 2 is 1.91 bits per heavy atom. The number of nitrogen functional groups attached to an aromatic ring is 1. The molecule has 1 atom stereocenters. The van der Waals surface area contributed by atoms with E-state index < -0.39 is 0 Å². The minimum absolute atomic E-state index is 0.157. The fraction of sp³-hybridized carbons (Fsp3) is 0.435. The quantitative estimate of drug-likeness (QED) is 0.426. The number of aromatic nitrogens is 5. The Labute approximate surface area is 213 Å². The highest BCUT2D eigenvalue weighted by atomic mass is 35.5. The first-order chi connectivity index (χ1) is 16.4. The van der Waals surface area contributed by atoms with Crippen LogP contribution < -0.4 is 11.1 Å². The van der Waals surface area contributed by atoms with Crippen LogP contribution in [0, 0.1) is 0 Å². The first-order valence-corrected chi connectivity index (χ1v) is 12.1. The molecule has 0 fully saturated rings. The molecule has 3 heterocycles. The molecule has 10 nitrogen and oxygen atoms in total. The number of hydrogen-bond acceptors (Lipinski definition) is 10. The molecule has 3 rings (SSSR count). The normalized spacial score (nSPS) is 12.6. The average molecular weight is 517 g/mol. The second-order valence-corrected chi connectivity index (χ2v) is 11.0. The Balaban J connectivity index is 1.72. The molecule has 0 bridgehead atoms. The van der Waals surface area contributed by atoms with Gasteiger partial charge in [0.15, 0.2) is 16.8 Å². The molecule has 186 valence electrons. The summed E-state index contributed by atoms with van der Waals surface area (Å²) in [6.07, 6.45) is 2.95. The molecule has 0 aromatic carbocycles. The molecule has 12 heteroatoms. The lowest BCUT2D eigenvalue weighted by atomic mass is 9.88. The van der Waals surface area contributed by atoms with Crippen molar-refractivity contribution < 1.29 is 9.59 Å². The van der Waals surface area contributed by atoms with E-state index in [9.17, 15) is 9.59 Å². The number of carbonyl (C=O) groups is 2. The summed E-state index contributed by atoms with van der Waals surface area (Å²) in [6, 6.07) is 1.72. The molecule has 0 spiro atoms. The Hall–Kier alpha value is -3.02. The van der Waals surface area contributed by atoms with Gasteiger partial charge in [-0.2, -0.15) is 0 Å². The summed E-state index contributed by atoms with van der Waals surface area (Å²) in [4.78, 5) is 40.6. The molecule has 1 amide bonds. The monoisotopic (exact) mass is 516 g/mol. The number of anilines is 2. The number of carbonyl (C=O) groups excluding carboxylic acids is 2. The molecule has 0 saturated heterocycles. The average Bonchev–Trinajstić information content (AvgIpc) is 3.26. The number of ketones is 1. The van der Waals surface area contributed by atoms with E-state index in [2.05, 4.69) is 30.5 Å². The summed E-state index contributed by atoms with van der Waals surface area (Å²) in [6.45, 7) is 8.33. The van der Waals surface area contributed by atoms with E-state index in [1.165, 1.54) is 23.9 Å². The Bertz CT molecular complexity index is 1240. The molecule has 0 aliphatic carbocycles. The van der Waals surface area contributed by atoms with Gasteiger partial charge in [-0.05, 0) is 25.6 Å². The Kier molecular flexibility index (Phi) is 8.14. The Morgan fingerprint density at radius 3 is 2.57 bits per heavy atom. The van der Waals surface area contributed by atoms with Crippen molar-refractivity contribution in [1.82, 2.24) is 30.0 Å². The molecule has 0 aliphatic rings. The fourth-order valence-corrected chi connectivity index (χ4v) is 4.60. The van der Waals surface area contributed by atoms with Gasteiger partial charge >= 0.3 is 0 Å². The van der Waals surface area contributed by atoms with Crippen molar-refractivity contribution in [3.05, 3.63) is 50.4 Å². The third kappa shape index (κ3) is 6.56. The molecule has 1 unspecified atom stereocenters. The molecule has 0 saturated carbocycles. The summed E-state index contributed by atoms with van der Waals surface area (Å²) in [5, 5.41) is 11.6. The summed E-state index contributed by atoms with van der Waals surface area (Å²) < 4.78 is 0. The van der Waals surface area contributed by atoms with E-state index in [-0.39, 0.29) is 35.3 Å². The van der Waals surface area contributed by atoms with E-state index in [1.807, 2.05) is 46.7 Å². The molecule has 35 heavy (non-hydrogen) atoms. The number of thiazole rings is 1. The topological polar surface area (TPSA) is 140 Å². The molecule has 0 radical (unpaired) electrons. The summed E-state index contributed by atoms with van der Waals surface area (Å²) in [5.41, 5.74) is 7.42. The first-order valence-electron chi connectivity index (χ1n) is 10.9. The third-order valence-corrected chi connectivity index (χ3v) is 6.68. The second-order valence-electron chi connectivity index (χ2n) is 9.55. The lowest BCUT2D eigenvalue weighted by molar-refractivity contribution is 0.0967. The van der Waals surface area contributed by atoms with E-state index in [4.69, 9.17) is 17.3 Å². The van der Waals surface area contributed by atoms with Crippen LogP contribution in [0.2, 0.25) is 5.15 Å². The summed E-state index contributed by atoms with van der Waals surface area (Å²) >= 11 is 7.38. The van der Waals surface area contributed by atoms with Gasteiger partial charge in [-0.25, -0.2) is 15.0 Å². The summed E-state index contributed by atoms with van der Waals surface area (Å²) in [7, 11) is 3.76. The van der Waals surface area contributed by atoms with Crippen LogP contribution in [0.25, 0.3) is 0 Å².